The normalized spacial score (nSPS) is 19.4. The number of nitro benzene ring substituents is 1. The molecular formula is C18H25N5O4. The molecule has 0 aromatic heterocycles. The predicted octanol–water partition coefficient (Wildman–Crippen LogP) is 1.10. The van der Waals surface area contributed by atoms with Crippen LogP contribution in [0.2, 0.25) is 0 Å². The maximum absolute atomic E-state index is 12.8. The van der Waals surface area contributed by atoms with Crippen molar-refractivity contribution in [1.82, 2.24) is 10.2 Å². The molecule has 9 heteroatoms. The summed E-state index contributed by atoms with van der Waals surface area (Å²) in [7, 11) is 0. The molecule has 0 radical (unpaired) electrons. The van der Waals surface area contributed by atoms with Crippen molar-refractivity contribution in [2.45, 2.75) is 31.7 Å². The number of carbonyl (C=O) groups is 2. The number of hydrogen-bond donors (Lipinski definition) is 3. The van der Waals surface area contributed by atoms with Gasteiger partial charge in [-0.1, -0.05) is 0 Å². The fourth-order valence-corrected chi connectivity index (χ4v) is 3.28. The summed E-state index contributed by atoms with van der Waals surface area (Å²) in [4.78, 5) is 37.5. The van der Waals surface area contributed by atoms with E-state index < -0.39 is 4.92 Å². The minimum absolute atomic E-state index is 0.0954. The van der Waals surface area contributed by atoms with Crippen molar-refractivity contribution in [3.05, 3.63) is 33.9 Å². The van der Waals surface area contributed by atoms with E-state index in [1.54, 1.807) is 17.0 Å². The van der Waals surface area contributed by atoms with Crippen molar-refractivity contribution in [2.24, 2.45) is 11.7 Å². The maximum Gasteiger partial charge on any atom is 0.293 e. The highest BCUT2D eigenvalue weighted by Gasteiger charge is 2.30. The van der Waals surface area contributed by atoms with Crippen molar-refractivity contribution in [2.75, 3.05) is 31.5 Å². The Morgan fingerprint density at radius 2 is 2.07 bits per heavy atom. The number of likely N-dealkylation sites (tertiary alicyclic amines) is 1. The molecule has 2 aliphatic rings. The van der Waals surface area contributed by atoms with Crippen LogP contribution in [0.1, 0.15) is 36.0 Å². The minimum Gasteiger partial charge on any atom is -0.377 e. The van der Waals surface area contributed by atoms with Crippen LogP contribution < -0.4 is 16.4 Å². The number of nitro groups is 1. The number of nitrogens with two attached hydrogens (primary N) is 1. The van der Waals surface area contributed by atoms with Crippen LogP contribution in [-0.2, 0) is 4.79 Å². The highest BCUT2D eigenvalue weighted by atomic mass is 16.6. The van der Waals surface area contributed by atoms with Gasteiger partial charge in [0.05, 0.1) is 10.8 Å². The van der Waals surface area contributed by atoms with Crippen molar-refractivity contribution in [3.8, 4) is 0 Å². The van der Waals surface area contributed by atoms with E-state index in [-0.39, 0.29) is 35.0 Å². The van der Waals surface area contributed by atoms with Gasteiger partial charge in [-0.05, 0) is 37.8 Å². The summed E-state index contributed by atoms with van der Waals surface area (Å²) in [6.45, 7) is 1.62. The molecule has 9 nitrogen and oxygen atoms in total. The highest BCUT2D eigenvalue weighted by Crippen LogP contribution is 2.32. The van der Waals surface area contributed by atoms with Gasteiger partial charge in [-0.3, -0.25) is 19.7 Å². The van der Waals surface area contributed by atoms with Crippen molar-refractivity contribution in [3.63, 3.8) is 0 Å². The number of nitrogens with zero attached hydrogens (tertiary/aromatic N) is 2. The summed E-state index contributed by atoms with van der Waals surface area (Å²) in [5, 5.41) is 17.3. The molecule has 3 rings (SSSR count). The van der Waals surface area contributed by atoms with Gasteiger partial charge in [0, 0.05) is 43.9 Å². The first-order chi connectivity index (χ1) is 13.0. The molecule has 2 amide bonds. The van der Waals surface area contributed by atoms with Gasteiger partial charge in [-0.25, -0.2) is 0 Å². The van der Waals surface area contributed by atoms with Crippen LogP contribution >= 0.6 is 0 Å². The fourth-order valence-electron chi connectivity index (χ4n) is 3.28. The van der Waals surface area contributed by atoms with Crippen LogP contribution in [-0.4, -0.2) is 53.9 Å². The minimum atomic E-state index is -0.471. The summed E-state index contributed by atoms with van der Waals surface area (Å²) in [5.74, 6) is -0.666. The van der Waals surface area contributed by atoms with E-state index in [0.29, 0.717) is 38.3 Å². The molecular weight excluding hydrogens is 350 g/mol. The molecule has 1 atom stereocenters. The van der Waals surface area contributed by atoms with Gasteiger partial charge in [0.25, 0.3) is 11.6 Å². The van der Waals surface area contributed by atoms with E-state index in [1.807, 2.05) is 0 Å². The van der Waals surface area contributed by atoms with Crippen LogP contribution in [0.3, 0.4) is 0 Å². The zero-order chi connectivity index (χ0) is 19.4. The molecule has 1 aliphatic heterocycles. The SMILES string of the molecule is NCCNC(=O)C1CCCN(C(=O)c2ccc(NC3CC3)c([N+](=O)[O-])c2)C1. The standard InChI is InChI=1S/C18H25N5O4/c19-7-8-20-17(24)13-2-1-9-22(11-13)18(25)12-3-6-15(21-14-4-5-14)16(10-12)23(26)27/h3,6,10,13-14,21H,1-2,4-5,7-9,11,19H2,(H,20,24). The Hall–Kier alpha value is -2.68. The average Bonchev–Trinajstić information content (AvgIpc) is 3.49. The molecule has 1 aromatic carbocycles. The van der Waals surface area contributed by atoms with E-state index in [0.717, 1.165) is 19.3 Å². The van der Waals surface area contributed by atoms with E-state index >= 15 is 0 Å². The van der Waals surface area contributed by atoms with Gasteiger partial charge in [-0.15, -0.1) is 0 Å². The lowest BCUT2D eigenvalue weighted by Crippen LogP contribution is -2.46. The third-order valence-corrected chi connectivity index (χ3v) is 4.90. The number of amides is 2. The molecule has 1 saturated carbocycles. The molecule has 27 heavy (non-hydrogen) atoms. The third kappa shape index (κ3) is 4.73. The van der Waals surface area contributed by atoms with Crippen LogP contribution in [0, 0.1) is 16.0 Å². The lowest BCUT2D eigenvalue weighted by Gasteiger charge is -2.32. The molecule has 1 heterocycles. The second kappa shape index (κ2) is 8.34. The smallest absolute Gasteiger partial charge is 0.293 e. The largest absolute Gasteiger partial charge is 0.377 e. The van der Waals surface area contributed by atoms with E-state index in [9.17, 15) is 19.7 Å². The van der Waals surface area contributed by atoms with Gasteiger partial charge in [0.15, 0.2) is 0 Å². The summed E-state index contributed by atoms with van der Waals surface area (Å²) >= 11 is 0. The average molecular weight is 375 g/mol. The second-order valence-corrected chi connectivity index (χ2v) is 7.08. The molecule has 1 aliphatic carbocycles. The molecule has 4 N–H and O–H groups in total. The molecule has 1 aromatic rings. The van der Waals surface area contributed by atoms with E-state index in [4.69, 9.17) is 5.73 Å². The Morgan fingerprint density at radius 1 is 1.30 bits per heavy atom. The third-order valence-electron chi connectivity index (χ3n) is 4.90. The maximum atomic E-state index is 12.8. The van der Waals surface area contributed by atoms with Gasteiger partial charge in [-0.2, -0.15) is 0 Å². The summed E-state index contributed by atoms with van der Waals surface area (Å²) in [5.41, 5.74) is 6.02. The molecule has 0 bridgehead atoms. The summed E-state index contributed by atoms with van der Waals surface area (Å²) in [6, 6.07) is 4.81. The van der Waals surface area contributed by atoms with Crippen LogP contribution in [0.15, 0.2) is 18.2 Å². The van der Waals surface area contributed by atoms with Crippen LogP contribution in [0.5, 0.6) is 0 Å². The fraction of sp³-hybridized carbons (Fsp3) is 0.556. The quantitative estimate of drug-likeness (QED) is 0.483. The Bertz CT molecular complexity index is 734. The molecule has 146 valence electrons. The van der Waals surface area contributed by atoms with Crippen molar-refractivity contribution >= 4 is 23.2 Å². The Kier molecular flexibility index (Phi) is 5.90. The lowest BCUT2D eigenvalue weighted by molar-refractivity contribution is -0.384. The summed E-state index contributed by atoms with van der Waals surface area (Å²) < 4.78 is 0. The van der Waals surface area contributed by atoms with Crippen molar-refractivity contribution in [1.29, 1.82) is 0 Å². The molecule has 0 spiro atoms. The number of piperidine rings is 1. The zero-order valence-electron chi connectivity index (χ0n) is 15.1. The number of benzene rings is 1. The Balaban J connectivity index is 1.71. The number of anilines is 1. The van der Waals surface area contributed by atoms with E-state index in [1.165, 1.54) is 6.07 Å². The second-order valence-electron chi connectivity index (χ2n) is 7.08. The Labute approximate surface area is 157 Å². The van der Waals surface area contributed by atoms with Gasteiger partial charge in [0.1, 0.15) is 5.69 Å². The molecule has 1 saturated heterocycles. The van der Waals surface area contributed by atoms with Crippen molar-refractivity contribution < 1.29 is 14.5 Å². The number of nitrogens with one attached hydrogen (secondary N) is 2. The first-order valence-electron chi connectivity index (χ1n) is 9.31. The molecule has 1 unspecified atom stereocenters. The van der Waals surface area contributed by atoms with Crippen LogP contribution in [0.4, 0.5) is 11.4 Å². The van der Waals surface area contributed by atoms with Gasteiger partial charge in [0.2, 0.25) is 5.91 Å². The molecule has 2 fully saturated rings. The predicted molar refractivity (Wildman–Crippen MR) is 100 cm³/mol. The monoisotopic (exact) mass is 375 g/mol. The van der Waals surface area contributed by atoms with Gasteiger partial charge >= 0.3 is 0 Å². The highest BCUT2D eigenvalue weighted by molar-refractivity contribution is 5.96. The summed E-state index contributed by atoms with van der Waals surface area (Å²) in [6.07, 6.45) is 3.43. The Morgan fingerprint density at radius 3 is 2.74 bits per heavy atom. The number of hydrogen-bond acceptors (Lipinski definition) is 6. The first kappa shape index (κ1) is 19.1. The first-order valence-corrected chi connectivity index (χ1v) is 9.31. The van der Waals surface area contributed by atoms with Crippen LogP contribution in [0.25, 0.3) is 0 Å². The number of rotatable bonds is 7. The lowest BCUT2D eigenvalue weighted by atomic mass is 9.96. The zero-order valence-corrected chi connectivity index (χ0v) is 15.1. The topological polar surface area (TPSA) is 131 Å². The number of carbonyl (C=O) groups excluding carboxylic acids is 2. The van der Waals surface area contributed by atoms with Gasteiger partial charge < -0.3 is 21.3 Å². The van der Waals surface area contributed by atoms with E-state index in [2.05, 4.69) is 10.6 Å².